The Morgan fingerprint density at radius 1 is 1.13 bits per heavy atom. The Labute approximate surface area is 143 Å². The van der Waals surface area contributed by atoms with Crippen molar-refractivity contribution in [2.45, 2.75) is 71.9 Å². The highest BCUT2D eigenvalue weighted by Crippen LogP contribution is 2.18. The molecule has 0 bridgehead atoms. The number of aliphatic imine (C=N–C) groups is 1. The first-order chi connectivity index (χ1) is 11.0. The van der Waals surface area contributed by atoms with Crippen molar-refractivity contribution in [2.75, 3.05) is 39.3 Å². The summed E-state index contributed by atoms with van der Waals surface area (Å²) in [5.74, 6) is 0.938. The maximum Gasteiger partial charge on any atom is 0.191 e. The van der Waals surface area contributed by atoms with Crippen LogP contribution in [-0.4, -0.2) is 61.7 Å². The van der Waals surface area contributed by atoms with E-state index in [1.807, 2.05) is 0 Å². The molecule has 3 N–H and O–H groups in total. The molecular formula is C18H39N5. The maximum atomic E-state index is 4.65. The summed E-state index contributed by atoms with van der Waals surface area (Å²) in [7, 11) is 0. The van der Waals surface area contributed by atoms with Crippen molar-refractivity contribution < 1.29 is 0 Å². The fourth-order valence-electron chi connectivity index (χ4n) is 3.07. The van der Waals surface area contributed by atoms with Crippen LogP contribution in [-0.2, 0) is 0 Å². The lowest BCUT2D eigenvalue weighted by molar-refractivity contribution is 0.147. The molecule has 0 spiro atoms. The first kappa shape index (κ1) is 20.2. The van der Waals surface area contributed by atoms with Gasteiger partial charge in [0.15, 0.2) is 5.96 Å². The van der Waals surface area contributed by atoms with Crippen LogP contribution in [0.4, 0.5) is 0 Å². The predicted octanol–water partition coefficient (Wildman–Crippen LogP) is 2.19. The average Bonchev–Trinajstić information content (AvgIpc) is 2.51. The molecule has 1 aliphatic rings. The van der Waals surface area contributed by atoms with Crippen LogP contribution in [0.15, 0.2) is 4.99 Å². The Morgan fingerprint density at radius 3 is 2.57 bits per heavy atom. The van der Waals surface area contributed by atoms with Gasteiger partial charge in [-0.15, -0.1) is 0 Å². The van der Waals surface area contributed by atoms with Crippen LogP contribution in [0.1, 0.15) is 60.3 Å². The predicted molar refractivity (Wildman–Crippen MR) is 101 cm³/mol. The zero-order chi connectivity index (χ0) is 17.1. The van der Waals surface area contributed by atoms with Crippen molar-refractivity contribution >= 4 is 5.96 Å². The van der Waals surface area contributed by atoms with Crippen LogP contribution in [0.5, 0.6) is 0 Å². The van der Waals surface area contributed by atoms with Gasteiger partial charge < -0.3 is 16.0 Å². The normalized spacial score (nSPS) is 20.6. The molecule has 0 saturated carbocycles. The van der Waals surface area contributed by atoms with Gasteiger partial charge in [-0.1, -0.05) is 13.3 Å². The van der Waals surface area contributed by atoms with Gasteiger partial charge in [-0.05, 0) is 53.5 Å². The van der Waals surface area contributed by atoms with Crippen LogP contribution in [0.2, 0.25) is 0 Å². The largest absolute Gasteiger partial charge is 0.357 e. The van der Waals surface area contributed by atoms with E-state index >= 15 is 0 Å². The summed E-state index contributed by atoms with van der Waals surface area (Å²) in [6.07, 6.45) is 5.38. The van der Waals surface area contributed by atoms with Crippen molar-refractivity contribution in [3.8, 4) is 0 Å². The van der Waals surface area contributed by atoms with E-state index in [0.717, 1.165) is 44.7 Å². The third-order valence-electron chi connectivity index (χ3n) is 4.29. The summed E-state index contributed by atoms with van der Waals surface area (Å²) in [6, 6.07) is 0.779. The number of nitrogens with zero attached hydrogens (tertiary/aromatic N) is 2. The summed E-state index contributed by atoms with van der Waals surface area (Å²) in [6.45, 7) is 16.9. The monoisotopic (exact) mass is 325 g/mol. The molecule has 1 saturated heterocycles. The van der Waals surface area contributed by atoms with Gasteiger partial charge >= 0.3 is 0 Å². The van der Waals surface area contributed by atoms with Gasteiger partial charge in [-0.2, -0.15) is 0 Å². The molecule has 0 radical (unpaired) electrons. The highest BCUT2D eigenvalue weighted by Gasteiger charge is 2.19. The zero-order valence-corrected chi connectivity index (χ0v) is 16.0. The fourth-order valence-corrected chi connectivity index (χ4v) is 3.07. The van der Waals surface area contributed by atoms with Crippen molar-refractivity contribution in [3.05, 3.63) is 0 Å². The molecule has 0 aromatic heterocycles. The molecule has 0 aromatic carbocycles. The minimum absolute atomic E-state index is 0.157. The second-order valence-corrected chi connectivity index (χ2v) is 7.46. The molecule has 5 heteroatoms. The molecule has 1 atom stereocenters. The van der Waals surface area contributed by atoms with Crippen molar-refractivity contribution in [1.29, 1.82) is 0 Å². The third-order valence-corrected chi connectivity index (χ3v) is 4.29. The van der Waals surface area contributed by atoms with Crippen LogP contribution >= 0.6 is 0 Å². The van der Waals surface area contributed by atoms with Gasteiger partial charge in [0, 0.05) is 37.8 Å². The van der Waals surface area contributed by atoms with Crippen molar-refractivity contribution in [1.82, 2.24) is 20.9 Å². The summed E-state index contributed by atoms with van der Waals surface area (Å²) >= 11 is 0. The second-order valence-electron chi connectivity index (χ2n) is 7.46. The third kappa shape index (κ3) is 9.16. The van der Waals surface area contributed by atoms with Gasteiger partial charge in [-0.25, -0.2) is 0 Å². The molecule has 0 amide bonds. The second kappa shape index (κ2) is 10.9. The van der Waals surface area contributed by atoms with Gasteiger partial charge in [0.05, 0.1) is 6.54 Å². The molecule has 1 fully saturated rings. The molecule has 0 aromatic rings. The lowest BCUT2D eigenvalue weighted by Crippen LogP contribution is -2.46. The number of piperidine rings is 1. The molecule has 1 heterocycles. The molecule has 5 nitrogen and oxygen atoms in total. The van der Waals surface area contributed by atoms with Gasteiger partial charge in [-0.3, -0.25) is 9.89 Å². The molecule has 1 aliphatic heterocycles. The van der Waals surface area contributed by atoms with E-state index in [2.05, 4.69) is 60.5 Å². The summed E-state index contributed by atoms with van der Waals surface area (Å²) < 4.78 is 0. The number of hydrogen-bond donors (Lipinski definition) is 3. The zero-order valence-electron chi connectivity index (χ0n) is 16.0. The molecule has 0 aliphatic carbocycles. The van der Waals surface area contributed by atoms with E-state index in [1.165, 1.54) is 32.2 Å². The Kier molecular flexibility index (Phi) is 9.56. The van der Waals surface area contributed by atoms with Gasteiger partial charge in [0.25, 0.3) is 0 Å². The summed E-state index contributed by atoms with van der Waals surface area (Å²) in [5, 5.41) is 10.3. The van der Waals surface area contributed by atoms with Gasteiger partial charge in [0.2, 0.25) is 0 Å². The molecule has 1 unspecified atom stereocenters. The SMILES string of the molecule is CCNC(=NCCNC(C)(C)C)NCCN1CCCCC1CC. The van der Waals surface area contributed by atoms with E-state index in [1.54, 1.807) is 0 Å². The molecule has 23 heavy (non-hydrogen) atoms. The Balaban J connectivity index is 2.31. The Hall–Kier alpha value is -0.810. The number of hydrogen-bond acceptors (Lipinski definition) is 3. The van der Waals surface area contributed by atoms with E-state index in [0.29, 0.717) is 0 Å². The van der Waals surface area contributed by atoms with Crippen molar-refractivity contribution in [2.24, 2.45) is 4.99 Å². The highest BCUT2D eigenvalue weighted by molar-refractivity contribution is 5.79. The van der Waals surface area contributed by atoms with E-state index in [4.69, 9.17) is 0 Å². The maximum absolute atomic E-state index is 4.65. The topological polar surface area (TPSA) is 51.7 Å². The fraction of sp³-hybridized carbons (Fsp3) is 0.944. The number of rotatable bonds is 8. The molecule has 136 valence electrons. The first-order valence-corrected chi connectivity index (χ1v) is 9.47. The molecule has 1 rings (SSSR count). The van der Waals surface area contributed by atoms with E-state index < -0.39 is 0 Å². The number of nitrogens with one attached hydrogen (secondary N) is 3. The minimum Gasteiger partial charge on any atom is -0.357 e. The number of likely N-dealkylation sites (tertiary alicyclic amines) is 1. The standard InChI is InChI=1S/C18H39N5/c1-6-16-10-8-9-14-23(16)15-13-21-17(19-7-2)20-11-12-22-18(3,4)5/h16,22H,6-15H2,1-5H3,(H2,19,20,21). The average molecular weight is 326 g/mol. The first-order valence-electron chi connectivity index (χ1n) is 9.47. The Morgan fingerprint density at radius 2 is 1.91 bits per heavy atom. The number of guanidine groups is 1. The Bertz CT molecular complexity index is 335. The lowest BCUT2D eigenvalue weighted by Gasteiger charge is -2.35. The van der Waals surface area contributed by atoms with E-state index in [9.17, 15) is 0 Å². The van der Waals surface area contributed by atoms with Crippen LogP contribution in [0, 0.1) is 0 Å². The summed E-state index contributed by atoms with van der Waals surface area (Å²) in [5.41, 5.74) is 0.157. The van der Waals surface area contributed by atoms with Crippen LogP contribution < -0.4 is 16.0 Å². The van der Waals surface area contributed by atoms with Crippen LogP contribution in [0.3, 0.4) is 0 Å². The van der Waals surface area contributed by atoms with Gasteiger partial charge in [0.1, 0.15) is 0 Å². The van der Waals surface area contributed by atoms with E-state index in [-0.39, 0.29) is 5.54 Å². The molecular weight excluding hydrogens is 286 g/mol. The minimum atomic E-state index is 0.157. The van der Waals surface area contributed by atoms with Crippen LogP contribution in [0.25, 0.3) is 0 Å². The summed E-state index contributed by atoms with van der Waals surface area (Å²) in [4.78, 5) is 7.29. The smallest absolute Gasteiger partial charge is 0.191 e. The van der Waals surface area contributed by atoms with Crippen molar-refractivity contribution in [3.63, 3.8) is 0 Å². The lowest BCUT2D eigenvalue weighted by atomic mass is 10.0. The highest BCUT2D eigenvalue weighted by atomic mass is 15.2. The quantitative estimate of drug-likeness (QED) is 0.364.